The molecule has 0 aliphatic carbocycles. The zero-order chi connectivity index (χ0) is 21.5. The summed E-state index contributed by atoms with van der Waals surface area (Å²) in [6, 6.07) is 12.0. The molecule has 31 heavy (non-hydrogen) atoms. The molecule has 2 N–H and O–H groups in total. The number of halogens is 2. The number of nitrogens with one attached hydrogen (secondary N) is 2. The lowest BCUT2D eigenvalue weighted by Gasteiger charge is -2.22. The van der Waals surface area contributed by atoms with Crippen molar-refractivity contribution in [2.24, 2.45) is 4.99 Å². The summed E-state index contributed by atoms with van der Waals surface area (Å²) in [4.78, 5) is 13.7. The minimum Gasteiger partial charge on any atom is -0.495 e. The van der Waals surface area contributed by atoms with Gasteiger partial charge in [0.25, 0.3) is 0 Å². The Kier molecular flexibility index (Phi) is 9.95. The van der Waals surface area contributed by atoms with Crippen molar-refractivity contribution < 1.29 is 4.74 Å². The molecule has 1 saturated heterocycles. The third-order valence-electron chi connectivity index (χ3n) is 5.00. The summed E-state index contributed by atoms with van der Waals surface area (Å²) >= 11 is 6.21. The first-order valence-electron chi connectivity index (χ1n) is 10.3. The average Bonchev–Trinajstić information content (AvgIpc) is 3.20. The fourth-order valence-corrected chi connectivity index (χ4v) is 3.65. The molecule has 1 aromatic heterocycles. The Bertz CT molecular complexity index is 879. The predicted molar refractivity (Wildman–Crippen MR) is 141 cm³/mol. The Morgan fingerprint density at radius 2 is 2.13 bits per heavy atom. The lowest BCUT2D eigenvalue weighted by molar-refractivity contribution is 0.415. The largest absolute Gasteiger partial charge is 0.495 e. The first-order valence-corrected chi connectivity index (χ1v) is 10.6. The molecular formula is C22H32ClIN6O. The van der Waals surface area contributed by atoms with Crippen molar-refractivity contribution in [3.63, 3.8) is 0 Å². The van der Waals surface area contributed by atoms with E-state index in [4.69, 9.17) is 21.3 Å². The van der Waals surface area contributed by atoms with Crippen LogP contribution in [0.15, 0.2) is 41.4 Å². The summed E-state index contributed by atoms with van der Waals surface area (Å²) in [7, 11) is 5.66. The lowest BCUT2D eigenvalue weighted by Crippen LogP contribution is -2.44. The molecule has 9 heteroatoms. The minimum atomic E-state index is 0. The van der Waals surface area contributed by atoms with E-state index in [1.807, 2.05) is 55.4 Å². The van der Waals surface area contributed by atoms with Crippen LogP contribution >= 0.6 is 35.6 Å². The first kappa shape index (κ1) is 25.3. The maximum Gasteiger partial charge on any atom is 0.191 e. The van der Waals surface area contributed by atoms with Crippen LogP contribution in [0.25, 0.3) is 0 Å². The van der Waals surface area contributed by atoms with Gasteiger partial charge >= 0.3 is 0 Å². The van der Waals surface area contributed by atoms with Crippen LogP contribution in [0.1, 0.15) is 19.0 Å². The Labute approximate surface area is 207 Å². The molecular weight excluding hydrogens is 527 g/mol. The molecule has 1 atom stereocenters. The second kappa shape index (κ2) is 12.2. The standard InChI is InChI=1S/C22H31ClN6O.HI/c1-5-24-22(25-14-17-7-6-8-21(26-17)28(2)3)27-18-11-12-29(15-18)19-13-16(23)9-10-20(19)30-4;/h6-10,13,18H,5,11-12,14-15H2,1-4H3,(H2,24,25,27);1H. The predicted octanol–water partition coefficient (Wildman–Crippen LogP) is 3.76. The number of ether oxygens (including phenoxy) is 1. The molecule has 0 bridgehead atoms. The summed E-state index contributed by atoms with van der Waals surface area (Å²) in [5, 5.41) is 7.61. The van der Waals surface area contributed by atoms with Gasteiger partial charge in [0, 0.05) is 44.8 Å². The van der Waals surface area contributed by atoms with E-state index in [2.05, 4.69) is 27.4 Å². The van der Waals surface area contributed by atoms with E-state index in [1.165, 1.54) is 0 Å². The summed E-state index contributed by atoms with van der Waals surface area (Å²) in [5.74, 6) is 2.58. The Hall–Kier alpha value is -1.94. The smallest absolute Gasteiger partial charge is 0.191 e. The SMILES string of the molecule is CCNC(=NCc1cccc(N(C)C)n1)NC1CCN(c2cc(Cl)ccc2OC)C1.I. The van der Waals surface area contributed by atoms with E-state index in [0.29, 0.717) is 11.6 Å². The second-order valence-electron chi connectivity index (χ2n) is 7.47. The van der Waals surface area contributed by atoms with Crippen molar-refractivity contribution in [1.82, 2.24) is 15.6 Å². The fourth-order valence-electron chi connectivity index (χ4n) is 3.48. The number of nitrogens with zero attached hydrogens (tertiary/aromatic N) is 4. The third kappa shape index (κ3) is 7.03. The molecule has 2 heterocycles. The molecule has 0 amide bonds. The lowest BCUT2D eigenvalue weighted by atomic mass is 10.2. The molecule has 1 fully saturated rings. The van der Waals surface area contributed by atoms with E-state index in [-0.39, 0.29) is 30.0 Å². The average molecular weight is 559 g/mol. The van der Waals surface area contributed by atoms with Crippen LogP contribution in [-0.4, -0.2) is 57.8 Å². The second-order valence-corrected chi connectivity index (χ2v) is 7.91. The number of hydrogen-bond donors (Lipinski definition) is 2. The van der Waals surface area contributed by atoms with Gasteiger partial charge in [-0.3, -0.25) is 0 Å². The van der Waals surface area contributed by atoms with Gasteiger partial charge in [-0.1, -0.05) is 17.7 Å². The molecule has 3 rings (SSSR count). The van der Waals surface area contributed by atoms with Crippen molar-refractivity contribution in [3.05, 3.63) is 47.1 Å². The van der Waals surface area contributed by atoms with Gasteiger partial charge in [-0.2, -0.15) is 0 Å². The minimum absolute atomic E-state index is 0. The Morgan fingerprint density at radius 1 is 1.32 bits per heavy atom. The number of anilines is 2. The maximum absolute atomic E-state index is 6.21. The van der Waals surface area contributed by atoms with E-state index < -0.39 is 0 Å². The van der Waals surface area contributed by atoms with Crippen molar-refractivity contribution in [1.29, 1.82) is 0 Å². The summed E-state index contributed by atoms with van der Waals surface area (Å²) < 4.78 is 5.51. The molecule has 0 radical (unpaired) electrons. The van der Waals surface area contributed by atoms with Crippen LogP contribution < -0.4 is 25.2 Å². The van der Waals surface area contributed by atoms with Crippen LogP contribution in [0.5, 0.6) is 5.75 Å². The van der Waals surface area contributed by atoms with Crippen molar-refractivity contribution in [2.45, 2.75) is 25.9 Å². The summed E-state index contributed by atoms with van der Waals surface area (Å²) in [6.45, 7) is 5.18. The zero-order valence-electron chi connectivity index (χ0n) is 18.6. The monoisotopic (exact) mass is 558 g/mol. The molecule has 1 unspecified atom stereocenters. The topological polar surface area (TPSA) is 65.0 Å². The molecule has 0 saturated carbocycles. The van der Waals surface area contributed by atoms with Crippen molar-refractivity contribution in [2.75, 3.05) is 50.6 Å². The van der Waals surface area contributed by atoms with Gasteiger partial charge in [0.05, 0.1) is 25.0 Å². The van der Waals surface area contributed by atoms with Crippen molar-refractivity contribution >= 4 is 53.0 Å². The highest BCUT2D eigenvalue weighted by molar-refractivity contribution is 14.0. The van der Waals surface area contributed by atoms with E-state index in [9.17, 15) is 0 Å². The molecule has 170 valence electrons. The van der Waals surface area contributed by atoms with E-state index in [1.54, 1.807) is 7.11 Å². The van der Waals surface area contributed by atoms with Gasteiger partial charge in [0.2, 0.25) is 0 Å². The Balaban J connectivity index is 0.00000341. The zero-order valence-corrected chi connectivity index (χ0v) is 21.6. The van der Waals surface area contributed by atoms with Gasteiger partial charge < -0.3 is 25.2 Å². The number of hydrogen-bond acceptors (Lipinski definition) is 5. The number of rotatable bonds is 7. The molecule has 1 aliphatic heterocycles. The van der Waals surface area contributed by atoms with Crippen LogP contribution in [-0.2, 0) is 6.54 Å². The van der Waals surface area contributed by atoms with Crippen LogP contribution in [0.2, 0.25) is 5.02 Å². The van der Waals surface area contributed by atoms with Crippen molar-refractivity contribution in [3.8, 4) is 5.75 Å². The highest BCUT2D eigenvalue weighted by atomic mass is 127. The summed E-state index contributed by atoms with van der Waals surface area (Å²) in [5.41, 5.74) is 1.97. The number of aliphatic imine (C=N–C) groups is 1. The number of guanidine groups is 1. The normalized spacial score (nSPS) is 16.0. The molecule has 7 nitrogen and oxygen atoms in total. The van der Waals surface area contributed by atoms with Crippen LogP contribution in [0, 0.1) is 0 Å². The number of methoxy groups -OCH3 is 1. The number of aromatic nitrogens is 1. The van der Waals surface area contributed by atoms with Crippen LogP contribution in [0.4, 0.5) is 11.5 Å². The molecule has 0 spiro atoms. The quantitative estimate of drug-likeness (QED) is 0.307. The van der Waals surface area contributed by atoms with Gasteiger partial charge in [-0.25, -0.2) is 9.98 Å². The van der Waals surface area contributed by atoms with E-state index in [0.717, 1.165) is 55.0 Å². The highest BCUT2D eigenvalue weighted by Crippen LogP contribution is 2.33. The first-order chi connectivity index (χ1) is 14.5. The van der Waals surface area contributed by atoms with Gasteiger partial charge in [0.15, 0.2) is 5.96 Å². The molecule has 2 aromatic rings. The van der Waals surface area contributed by atoms with Gasteiger partial charge in [-0.15, -0.1) is 24.0 Å². The van der Waals surface area contributed by atoms with E-state index >= 15 is 0 Å². The Morgan fingerprint density at radius 3 is 2.84 bits per heavy atom. The fraction of sp³-hybridized carbons (Fsp3) is 0.455. The molecule has 1 aromatic carbocycles. The van der Waals surface area contributed by atoms with Gasteiger partial charge in [0.1, 0.15) is 11.6 Å². The third-order valence-corrected chi connectivity index (χ3v) is 5.24. The molecule has 1 aliphatic rings. The van der Waals surface area contributed by atoms with Gasteiger partial charge in [-0.05, 0) is 43.7 Å². The maximum atomic E-state index is 6.21. The number of pyridine rings is 1. The highest BCUT2D eigenvalue weighted by Gasteiger charge is 2.25. The summed E-state index contributed by atoms with van der Waals surface area (Å²) in [6.07, 6.45) is 1.01. The number of benzene rings is 1. The van der Waals surface area contributed by atoms with Crippen LogP contribution in [0.3, 0.4) is 0 Å².